The van der Waals surface area contributed by atoms with Crippen LogP contribution in [0.25, 0.3) is 10.8 Å². The molecule has 0 bridgehead atoms. The average Bonchev–Trinajstić information content (AvgIpc) is 2.47. The van der Waals surface area contributed by atoms with Crippen molar-refractivity contribution in [3.63, 3.8) is 0 Å². The molecule has 0 fully saturated rings. The summed E-state index contributed by atoms with van der Waals surface area (Å²) < 4.78 is 0. The minimum Gasteiger partial charge on any atom is -0.350 e. The second-order valence-electron chi connectivity index (χ2n) is 4.92. The van der Waals surface area contributed by atoms with E-state index in [1.54, 1.807) is 0 Å². The molecule has 20 heavy (non-hydrogen) atoms. The number of unbranched alkanes of at least 4 members (excludes halogenated alkanes) is 1. The van der Waals surface area contributed by atoms with Crippen molar-refractivity contribution in [3.8, 4) is 12.3 Å². The van der Waals surface area contributed by atoms with Crippen molar-refractivity contribution in [3.05, 3.63) is 48.0 Å². The second-order valence-corrected chi connectivity index (χ2v) is 4.92. The molecule has 0 aliphatic rings. The smallest absolute Gasteiger partial charge is 0.220 e. The predicted octanol–water partition coefficient (Wildman–Crippen LogP) is 3.82. The molecule has 0 heterocycles. The van der Waals surface area contributed by atoms with Gasteiger partial charge in [0.2, 0.25) is 5.91 Å². The van der Waals surface area contributed by atoms with Gasteiger partial charge in [-0.2, -0.15) is 0 Å². The van der Waals surface area contributed by atoms with Crippen LogP contribution in [0.4, 0.5) is 0 Å². The average molecular weight is 265 g/mol. The molecule has 2 aromatic carbocycles. The van der Waals surface area contributed by atoms with Crippen molar-refractivity contribution in [1.82, 2.24) is 5.32 Å². The molecule has 1 N–H and O–H groups in total. The lowest BCUT2D eigenvalue weighted by Gasteiger charge is -2.16. The van der Waals surface area contributed by atoms with Gasteiger partial charge >= 0.3 is 0 Å². The highest BCUT2D eigenvalue weighted by Crippen LogP contribution is 2.24. The van der Waals surface area contributed by atoms with E-state index in [2.05, 4.69) is 35.5 Å². The van der Waals surface area contributed by atoms with Crippen LogP contribution in [0.2, 0.25) is 0 Å². The monoisotopic (exact) mass is 265 g/mol. The van der Waals surface area contributed by atoms with Crippen molar-refractivity contribution in [2.75, 3.05) is 0 Å². The van der Waals surface area contributed by atoms with E-state index in [1.807, 2.05) is 25.1 Å². The fourth-order valence-electron chi connectivity index (χ4n) is 2.37. The summed E-state index contributed by atoms with van der Waals surface area (Å²) in [6.45, 7) is 2.01. The Balaban J connectivity index is 2.10. The minimum atomic E-state index is -0.000522. The molecule has 0 unspecified atom stereocenters. The molecule has 0 aliphatic carbocycles. The lowest BCUT2D eigenvalue weighted by Crippen LogP contribution is -2.26. The molecule has 2 rings (SSSR count). The normalized spacial score (nSPS) is 11.8. The zero-order valence-electron chi connectivity index (χ0n) is 11.7. The largest absolute Gasteiger partial charge is 0.350 e. The first-order valence-corrected chi connectivity index (χ1v) is 6.93. The zero-order valence-corrected chi connectivity index (χ0v) is 11.7. The lowest BCUT2D eigenvalue weighted by molar-refractivity contribution is -0.121. The standard InChI is InChI=1S/C18H19NO/c1-3-4-5-13-18(20)19-14(2)16-12-8-10-15-9-6-7-11-17(15)16/h1,6-12,14H,4-5,13H2,2H3,(H,19,20)/t14-/m0/s1. The molecule has 2 heteroatoms. The molecule has 1 atom stereocenters. The maximum absolute atomic E-state index is 11.9. The van der Waals surface area contributed by atoms with Gasteiger partial charge in [0.1, 0.15) is 0 Å². The molecule has 2 aromatic rings. The summed E-state index contributed by atoms with van der Waals surface area (Å²) in [5.74, 6) is 2.61. The molecule has 0 saturated carbocycles. The predicted molar refractivity (Wildman–Crippen MR) is 83.2 cm³/mol. The summed E-state index contributed by atoms with van der Waals surface area (Å²) in [6.07, 6.45) is 7.06. The number of fused-ring (bicyclic) bond motifs is 1. The van der Waals surface area contributed by atoms with Crippen molar-refractivity contribution < 1.29 is 4.79 Å². The van der Waals surface area contributed by atoms with E-state index in [4.69, 9.17) is 6.42 Å². The zero-order chi connectivity index (χ0) is 14.4. The lowest BCUT2D eigenvalue weighted by atomic mass is 9.99. The van der Waals surface area contributed by atoms with Gasteiger partial charge in [-0.3, -0.25) is 4.79 Å². The van der Waals surface area contributed by atoms with Crippen LogP contribution in [0, 0.1) is 12.3 Å². The maximum atomic E-state index is 11.9. The maximum Gasteiger partial charge on any atom is 0.220 e. The van der Waals surface area contributed by atoms with Gasteiger partial charge in [0, 0.05) is 12.8 Å². The number of terminal acetylenes is 1. The topological polar surface area (TPSA) is 29.1 Å². The summed E-state index contributed by atoms with van der Waals surface area (Å²) in [7, 11) is 0. The molecule has 0 aromatic heterocycles. The van der Waals surface area contributed by atoms with Gasteiger partial charge in [0.25, 0.3) is 0 Å². The number of rotatable bonds is 5. The third kappa shape index (κ3) is 3.39. The van der Waals surface area contributed by atoms with Crippen LogP contribution >= 0.6 is 0 Å². The van der Waals surface area contributed by atoms with Crippen molar-refractivity contribution in [2.45, 2.75) is 32.2 Å². The number of carbonyl (C=O) groups excluding carboxylic acids is 1. The summed E-state index contributed by atoms with van der Waals surface area (Å²) in [6, 6.07) is 14.4. The van der Waals surface area contributed by atoms with Gasteiger partial charge in [0.05, 0.1) is 6.04 Å². The van der Waals surface area contributed by atoms with Gasteiger partial charge in [-0.15, -0.1) is 12.3 Å². The van der Waals surface area contributed by atoms with Crippen LogP contribution in [0.1, 0.15) is 37.8 Å². The van der Waals surface area contributed by atoms with E-state index in [9.17, 15) is 4.79 Å². The van der Waals surface area contributed by atoms with E-state index in [0.717, 1.165) is 12.0 Å². The van der Waals surface area contributed by atoms with E-state index in [-0.39, 0.29) is 11.9 Å². The number of hydrogen-bond donors (Lipinski definition) is 1. The second kappa shape index (κ2) is 6.77. The third-order valence-corrected chi connectivity index (χ3v) is 3.39. The molecule has 2 nitrogen and oxygen atoms in total. The minimum absolute atomic E-state index is 0.000522. The number of hydrogen-bond acceptors (Lipinski definition) is 1. The van der Waals surface area contributed by atoms with Crippen molar-refractivity contribution >= 4 is 16.7 Å². The van der Waals surface area contributed by atoms with Crippen LogP contribution in [0.5, 0.6) is 0 Å². The molecule has 0 spiro atoms. The first-order chi connectivity index (χ1) is 9.72. The van der Waals surface area contributed by atoms with Gasteiger partial charge in [-0.1, -0.05) is 42.5 Å². The Hall–Kier alpha value is -2.27. The molecule has 0 aliphatic heterocycles. The summed E-state index contributed by atoms with van der Waals surface area (Å²) in [5.41, 5.74) is 1.15. The van der Waals surface area contributed by atoms with Crippen molar-refractivity contribution in [2.24, 2.45) is 0 Å². The molecule has 0 radical (unpaired) electrons. The quantitative estimate of drug-likeness (QED) is 0.646. The number of amides is 1. The Kier molecular flexibility index (Phi) is 4.79. The Morgan fingerprint density at radius 3 is 2.80 bits per heavy atom. The highest BCUT2D eigenvalue weighted by Gasteiger charge is 2.11. The summed E-state index contributed by atoms with van der Waals surface area (Å²) >= 11 is 0. The molecular weight excluding hydrogens is 246 g/mol. The number of carbonyl (C=O) groups is 1. The first kappa shape index (κ1) is 14.1. The Morgan fingerprint density at radius 1 is 1.25 bits per heavy atom. The summed E-state index contributed by atoms with van der Waals surface area (Å²) in [4.78, 5) is 11.9. The van der Waals surface area contributed by atoms with Gasteiger partial charge in [0.15, 0.2) is 0 Å². The molecule has 102 valence electrons. The van der Waals surface area contributed by atoms with Crippen LogP contribution in [-0.4, -0.2) is 5.91 Å². The van der Waals surface area contributed by atoms with Crippen molar-refractivity contribution in [1.29, 1.82) is 0 Å². The number of benzene rings is 2. The van der Waals surface area contributed by atoms with Crippen LogP contribution in [-0.2, 0) is 4.79 Å². The van der Waals surface area contributed by atoms with E-state index < -0.39 is 0 Å². The van der Waals surface area contributed by atoms with E-state index in [0.29, 0.717) is 12.8 Å². The Bertz CT molecular complexity index is 634. The number of nitrogens with one attached hydrogen (secondary N) is 1. The first-order valence-electron chi connectivity index (χ1n) is 6.93. The molecule has 0 saturated heterocycles. The molecular formula is C18H19NO. The highest BCUT2D eigenvalue weighted by atomic mass is 16.1. The van der Waals surface area contributed by atoms with E-state index >= 15 is 0 Å². The summed E-state index contributed by atoms with van der Waals surface area (Å²) in [5, 5.41) is 5.42. The fourth-order valence-corrected chi connectivity index (χ4v) is 2.37. The van der Waals surface area contributed by atoms with Crippen LogP contribution in [0.3, 0.4) is 0 Å². The Morgan fingerprint density at radius 2 is 2.00 bits per heavy atom. The van der Waals surface area contributed by atoms with E-state index in [1.165, 1.54) is 10.8 Å². The van der Waals surface area contributed by atoms with Crippen LogP contribution < -0.4 is 5.32 Å². The highest BCUT2D eigenvalue weighted by molar-refractivity contribution is 5.86. The van der Waals surface area contributed by atoms with Gasteiger partial charge in [-0.05, 0) is 29.7 Å². The van der Waals surface area contributed by atoms with Crippen LogP contribution in [0.15, 0.2) is 42.5 Å². The fraction of sp³-hybridized carbons (Fsp3) is 0.278. The third-order valence-electron chi connectivity index (χ3n) is 3.39. The van der Waals surface area contributed by atoms with Gasteiger partial charge in [-0.25, -0.2) is 0 Å². The van der Waals surface area contributed by atoms with Gasteiger partial charge < -0.3 is 5.32 Å². The Labute approximate surface area is 120 Å². The molecule has 1 amide bonds. The SMILES string of the molecule is C#CCCCC(=O)N[C@@H](C)c1cccc2ccccc12.